The van der Waals surface area contributed by atoms with Gasteiger partial charge in [-0.1, -0.05) is 36.4 Å². The molecular weight excluding hydrogens is 513 g/mol. The molecule has 2 aromatic carbocycles. The van der Waals surface area contributed by atoms with Gasteiger partial charge in [0.25, 0.3) is 0 Å². The Morgan fingerprint density at radius 2 is 1.78 bits per heavy atom. The van der Waals surface area contributed by atoms with Crippen molar-refractivity contribution < 1.29 is 0 Å². The molecule has 4 aromatic rings. The first-order valence-corrected chi connectivity index (χ1v) is 10.6. The van der Waals surface area contributed by atoms with Crippen LogP contribution in [0.15, 0.2) is 72.0 Å². The molecule has 168 valence electrons. The lowest BCUT2D eigenvalue weighted by atomic mass is 10.1. The number of aryl methyl sites for hydroxylation is 2. The molecule has 0 saturated heterocycles. The number of nitrogens with one attached hydrogen (secondary N) is 2. The Balaban J connectivity index is 0.00000289. The maximum absolute atomic E-state index is 4.64. The molecule has 2 N–H and O–H groups in total. The van der Waals surface area contributed by atoms with Gasteiger partial charge in [0.05, 0.1) is 17.6 Å². The van der Waals surface area contributed by atoms with Crippen molar-refractivity contribution in [1.29, 1.82) is 0 Å². The number of imidazole rings is 1. The fourth-order valence-corrected chi connectivity index (χ4v) is 3.77. The molecule has 0 spiro atoms. The van der Waals surface area contributed by atoms with E-state index in [-0.39, 0.29) is 24.0 Å². The van der Waals surface area contributed by atoms with Gasteiger partial charge in [0.2, 0.25) is 0 Å². The van der Waals surface area contributed by atoms with Gasteiger partial charge in [-0.05, 0) is 42.7 Å². The highest BCUT2D eigenvalue weighted by Crippen LogP contribution is 2.15. The minimum Gasteiger partial charge on any atom is -0.356 e. The number of rotatable bonds is 8. The molecule has 0 fully saturated rings. The molecule has 7 nitrogen and oxygen atoms in total. The van der Waals surface area contributed by atoms with E-state index >= 15 is 0 Å². The topological polar surface area (TPSA) is 72.1 Å². The zero-order valence-corrected chi connectivity index (χ0v) is 20.9. The van der Waals surface area contributed by atoms with Crippen molar-refractivity contribution in [1.82, 2.24) is 30.0 Å². The number of benzene rings is 2. The fraction of sp³-hybridized carbons (Fsp3) is 0.292. The molecule has 0 atom stereocenters. The second-order valence-corrected chi connectivity index (χ2v) is 7.48. The number of guanidine groups is 1. The van der Waals surface area contributed by atoms with Crippen LogP contribution in [-0.4, -0.2) is 38.9 Å². The van der Waals surface area contributed by atoms with Crippen molar-refractivity contribution in [3.05, 3.63) is 83.9 Å². The maximum atomic E-state index is 4.64. The number of halogens is 1. The highest BCUT2D eigenvalue weighted by atomic mass is 127. The highest BCUT2D eigenvalue weighted by Gasteiger charge is 2.07. The third-order valence-electron chi connectivity index (χ3n) is 5.38. The number of nitrogens with zero attached hydrogens (tertiary/aromatic N) is 5. The van der Waals surface area contributed by atoms with E-state index in [4.69, 9.17) is 0 Å². The van der Waals surface area contributed by atoms with Gasteiger partial charge in [-0.2, -0.15) is 5.10 Å². The molecule has 4 rings (SSSR count). The Labute approximate surface area is 206 Å². The van der Waals surface area contributed by atoms with Gasteiger partial charge in [-0.25, -0.2) is 4.98 Å². The van der Waals surface area contributed by atoms with E-state index < -0.39 is 0 Å². The molecule has 32 heavy (non-hydrogen) atoms. The van der Waals surface area contributed by atoms with Gasteiger partial charge in [-0.15, -0.1) is 24.0 Å². The zero-order valence-electron chi connectivity index (χ0n) is 18.5. The summed E-state index contributed by atoms with van der Waals surface area (Å²) in [4.78, 5) is 9.01. The predicted octanol–water partition coefficient (Wildman–Crippen LogP) is 3.96. The predicted molar refractivity (Wildman–Crippen MR) is 140 cm³/mol. The van der Waals surface area contributed by atoms with Crippen LogP contribution in [0.4, 0.5) is 0 Å². The molecule has 0 aliphatic carbocycles. The van der Waals surface area contributed by atoms with Crippen LogP contribution in [0.25, 0.3) is 11.0 Å². The van der Waals surface area contributed by atoms with Gasteiger partial charge in [0, 0.05) is 39.1 Å². The minimum absolute atomic E-state index is 0. The van der Waals surface area contributed by atoms with Crippen LogP contribution in [0.3, 0.4) is 0 Å². The quantitative estimate of drug-likeness (QED) is 0.153. The lowest BCUT2D eigenvalue weighted by molar-refractivity contribution is 0.623. The standard InChI is InChI=1S/C24H29N7.HI/c1-19-29-22-11-5-6-12-23(22)31(19)16-7-13-26-24(25-2)27-17-20-9-3-4-10-21(20)18-30-15-8-14-28-30;/h3-6,8-12,14-15H,7,13,16-18H2,1-2H3,(H2,25,26,27);1H. The van der Waals surface area contributed by atoms with Crippen molar-refractivity contribution in [3.8, 4) is 0 Å². The van der Waals surface area contributed by atoms with Gasteiger partial charge in [-0.3, -0.25) is 9.67 Å². The van der Waals surface area contributed by atoms with Crippen molar-refractivity contribution in [2.24, 2.45) is 4.99 Å². The van der Waals surface area contributed by atoms with Gasteiger partial charge >= 0.3 is 0 Å². The van der Waals surface area contributed by atoms with Crippen molar-refractivity contribution in [2.45, 2.75) is 33.0 Å². The largest absolute Gasteiger partial charge is 0.356 e. The van der Waals surface area contributed by atoms with Crippen molar-refractivity contribution in [3.63, 3.8) is 0 Å². The lowest BCUT2D eigenvalue weighted by Gasteiger charge is -2.15. The fourth-order valence-electron chi connectivity index (χ4n) is 3.77. The SMILES string of the molecule is CN=C(NCCCn1c(C)nc2ccccc21)NCc1ccccc1Cn1cccn1.I. The average Bonchev–Trinajstić information content (AvgIpc) is 3.41. The summed E-state index contributed by atoms with van der Waals surface area (Å²) in [5.41, 5.74) is 4.73. The van der Waals surface area contributed by atoms with Crippen LogP contribution < -0.4 is 10.6 Å². The van der Waals surface area contributed by atoms with Crippen molar-refractivity contribution >= 4 is 41.0 Å². The molecule has 0 unspecified atom stereocenters. The van der Waals surface area contributed by atoms with E-state index in [9.17, 15) is 0 Å². The third-order valence-corrected chi connectivity index (χ3v) is 5.38. The van der Waals surface area contributed by atoms with Crippen molar-refractivity contribution in [2.75, 3.05) is 13.6 Å². The summed E-state index contributed by atoms with van der Waals surface area (Å²) in [6, 6.07) is 18.7. The molecular formula is C24H30IN7. The molecule has 0 bridgehead atoms. The second-order valence-electron chi connectivity index (χ2n) is 7.48. The molecule has 2 heterocycles. The number of para-hydroxylation sites is 2. The molecule has 0 radical (unpaired) electrons. The average molecular weight is 543 g/mol. The number of hydrogen-bond acceptors (Lipinski definition) is 3. The summed E-state index contributed by atoms with van der Waals surface area (Å²) >= 11 is 0. The van der Waals surface area contributed by atoms with Gasteiger partial charge in [0.1, 0.15) is 5.82 Å². The third kappa shape index (κ3) is 5.87. The maximum Gasteiger partial charge on any atom is 0.191 e. The highest BCUT2D eigenvalue weighted by molar-refractivity contribution is 14.0. The summed E-state index contributed by atoms with van der Waals surface area (Å²) in [6.07, 6.45) is 4.77. The Kier molecular flexibility index (Phi) is 8.66. The smallest absolute Gasteiger partial charge is 0.191 e. The van der Waals surface area contributed by atoms with E-state index in [1.807, 2.05) is 23.0 Å². The van der Waals surface area contributed by atoms with E-state index in [1.165, 1.54) is 16.6 Å². The Morgan fingerprint density at radius 1 is 1.00 bits per heavy atom. The van der Waals surface area contributed by atoms with E-state index in [1.54, 1.807) is 13.2 Å². The first kappa shape index (κ1) is 23.8. The first-order chi connectivity index (χ1) is 15.2. The Morgan fingerprint density at radius 3 is 2.56 bits per heavy atom. The summed E-state index contributed by atoms with van der Waals surface area (Å²) in [5, 5.41) is 11.2. The lowest BCUT2D eigenvalue weighted by Crippen LogP contribution is -2.37. The second kappa shape index (κ2) is 11.7. The van der Waals surface area contributed by atoms with Crippen LogP contribution in [-0.2, 0) is 19.6 Å². The number of hydrogen-bond donors (Lipinski definition) is 2. The molecule has 0 saturated carbocycles. The van der Waals surface area contributed by atoms with Gasteiger partial charge in [0.15, 0.2) is 5.96 Å². The molecule has 0 amide bonds. The Hall–Kier alpha value is -2.88. The number of aliphatic imine (C=N–C) groups is 1. The number of aromatic nitrogens is 4. The first-order valence-electron chi connectivity index (χ1n) is 10.6. The minimum atomic E-state index is 0. The van der Waals surface area contributed by atoms with Crippen LogP contribution in [0.5, 0.6) is 0 Å². The Bertz CT molecular complexity index is 1150. The van der Waals surface area contributed by atoms with E-state index in [0.717, 1.165) is 43.4 Å². The molecule has 8 heteroatoms. The number of fused-ring (bicyclic) bond motifs is 1. The summed E-state index contributed by atoms with van der Waals surface area (Å²) < 4.78 is 4.21. The van der Waals surface area contributed by atoms with Crippen LogP contribution in [0.1, 0.15) is 23.4 Å². The zero-order chi connectivity index (χ0) is 21.5. The monoisotopic (exact) mass is 543 g/mol. The molecule has 0 aliphatic rings. The summed E-state index contributed by atoms with van der Waals surface area (Å²) in [5.74, 6) is 1.86. The van der Waals surface area contributed by atoms with Crippen LogP contribution >= 0.6 is 24.0 Å². The van der Waals surface area contributed by atoms with Crippen LogP contribution in [0.2, 0.25) is 0 Å². The molecule has 0 aliphatic heterocycles. The molecule has 2 aromatic heterocycles. The summed E-state index contributed by atoms with van der Waals surface area (Å²) in [6.45, 7) is 5.29. The summed E-state index contributed by atoms with van der Waals surface area (Å²) in [7, 11) is 1.80. The van der Waals surface area contributed by atoms with Gasteiger partial charge < -0.3 is 15.2 Å². The van der Waals surface area contributed by atoms with Crippen LogP contribution in [0, 0.1) is 6.92 Å². The normalized spacial score (nSPS) is 11.4. The van der Waals surface area contributed by atoms with E-state index in [0.29, 0.717) is 6.54 Å². The van der Waals surface area contributed by atoms with E-state index in [2.05, 4.69) is 79.7 Å².